The number of benzene rings is 1. The molecule has 0 saturated carbocycles. The molecule has 0 unspecified atom stereocenters. The van der Waals surface area contributed by atoms with Gasteiger partial charge in [-0.05, 0) is 12.1 Å². The molecule has 9 heteroatoms. The number of carbonyl (C=O) groups is 1. The largest absolute Gasteiger partial charge is 0.454 e. The summed E-state index contributed by atoms with van der Waals surface area (Å²) in [6.07, 6.45) is 0. The number of hydrogen-bond acceptors (Lipinski definition) is 6. The van der Waals surface area contributed by atoms with E-state index in [1.165, 1.54) is 23.7 Å². The van der Waals surface area contributed by atoms with E-state index in [4.69, 9.17) is 14.7 Å². The molecular formula is C9H10N2O6S. The summed E-state index contributed by atoms with van der Waals surface area (Å²) < 4.78 is 35.7. The normalized spacial score (nSPS) is 13.4. The number of amides is 1. The zero-order valence-corrected chi connectivity index (χ0v) is 9.86. The molecule has 0 aromatic heterocycles. The van der Waals surface area contributed by atoms with E-state index < -0.39 is 22.5 Å². The Hall–Kier alpha value is -1.84. The quantitative estimate of drug-likeness (QED) is 0.489. The Kier molecular flexibility index (Phi) is 3.36. The van der Waals surface area contributed by atoms with Gasteiger partial charge in [-0.25, -0.2) is 18.6 Å². The molecule has 98 valence electrons. The number of fused-ring (bicyclic) bond motifs is 1. The number of rotatable bonds is 4. The fourth-order valence-electron chi connectivity index (χ4n) is 1.33. The second-order valence-corrected chi connectivity index (χ2v) is 5.14. The molecule has 0 radical (unpaired) electrons. The monoisotopic (exact) mass is 274 g/mol. The van der Waals surface area contributed by atoms with Crippen molar-refractivity contribution in [2.45, 2.75) is 4.90 Å². The van der Waals surface area contributed by atoms with Gasteiger partial charge in [0, 0.05) is 6.07 Å². The summed E-state index contributed by atoms with van der Waals surface area (Å²) in [5, 5.41) is 8.26. The Morgan fingerprint density at radius 1 is 1.33 bits per heavy atom. The molecule has 1 aromatic carbocycles. The van der Waals surface area contributed by atoms with Gasteiger partial charge in [0.1, 0.15) is 0 Å². The topological polar surface area (TPSA) is 114 Å². The molecule has 1 aliphatic rings. The van der Waals surface area contributed by atoms with Crippen molar-refractivity contribution in [2.24, 2.45) is 0 Å². The van der Waals surface area contributed by atoms with Crippen LogP contribution in [0.15, 0.2) is 23.1 Å². The first-order valence-electron chi connectivity index (χ1n) is 4.85. The maximum Gasteiger partial charge on any atom is 0.258 e. The van der Waals surface area contributed by atoms with E-state index in [1.807, 2.05) is 4.72 Å². The summed E-state index contributed by atoms with van der Waals surface area (Å²) in [4.78, 5) is 10.7. The molecule has 18 heavy (non-hydrogen) atoms. The van der Waals surface area contributed by atoms with Crippen LogP contribution in [0, 0.1) is 0 Å². The van der Waals surface area contributed by atoms with E-state index in [0.29, 0.717) is 11.5 Å². The predicted molar refractivity (Wildman–Crippen MR) is 57.7 cm³/mol. The van der Waals surface area contributed by atoms with Crippen LogP contribution < -0.4 is 19.7 Å². The standard InChI is InChI=1S/C9H10N2O6S/c12-9(11-13)4-10-18(14,15)6-1-2-7-8(3-6)17-5-16-7/h1-3,10,13H,4-5H2,(H,11,12). The zero-order valence-electron chi connectivity index (χ0n) is 9.04. The van der Waals surface area contributed by atoms with Gasteiger partial charge in [0.2, 0.25) is 16.8 Å². The van der Waals surface area contributed by atoms with Crippen molar-refractivity contribution >= 4 is 15.9 Å². The Balaban J connectivity index is 2.17. The molecule has 1 aromatic rings. The smallest absolute Gasteiger partial charge is 0.258 e. The maximum absolute atomic E-state index is 11.8. The van der Waals surface area contributed by atoms with E-state index in [2.05, 4.69) is 0 Å². The maximum atomic E-state index is 11.8. The van der Waals surface area contributed by atoms with Gasteiger partial charge in [0.15, 0.2) is 11.5 Å². The van der Waals surface area contributed by atoms with Crippen molar-refractivity contribution in [1.82, 2.24) is 10.2 Å². The molecule has 1 heterocycles. The number of nitrogens with one attached hydrogen (secondary N) is 2. The summed E-state index contributed by atoms with van der Waals surface area (Å²) in [7, 11) is -3.84. The number of ether oxygens (including phenoxy) is 2. The number of sulfonamides is 1. The third-order valence-electron chi connectivity index (χ3n) is 2.20. The lowest BCUT2D eigenvalue weighted by atomic mass is 10.3. The van der Waals surface area contributed by atoms with Gasteiger partial charge in [0.05, 0.1) is 11.4 Å². The zero-order chi connectivity index (χ0) is 13.2. The Labute approximate surface area is 103 Å². The highest BCUT2D eigenvalue weighted by Gasteiger charge is 2.20. The molecule has 0 spiro atoms. The van der Waals surface area contributed by atoms with Gasteiger partial charge >= 0.3 is 0 Å². The minimum atomic E-state index is -3.84. The first-order valence-corrected chi connectivity index (χ1v) is 6.33. The van der Waals surface area contributed by atoms with Crippen molar-refractivity contribution < 1.29 is 27.9 Å². The minimum absolute atomic E-state index is 0.0409. The fraction of sp³-hybridized carbons (Fsp3) is 0.222. The van der Waals surface area contributed by atoms with E-state index in [0.717, 1.165) is 0 Å². The Morgan fingerprint density at radius 3 is 2.78 bits per heavy atom. The Morgan fingerprint density at radius 2 is 2.06 bits per heavy atom. The summed E-state index contributed by atoms with van der Waals surface area (Å²) in [5.41, 5.74) is 1.32. The highest BCUT2D eigenvalue weighted by atomic mass is 32.2. The van der Waals surface area contributed by atoms with Crippen LogP contribution in [0.1, 0.15) is 0 Å². The summed E-state index contributed by atoms with van der Waals surface area (Å²) >= 11 is 0. The van der Waals surface area contributed by atoms with Crippen molar-refractivity contribution in [3.05, 3.63) is 18.2 Å². The molecule has 1 aliphatic heterocycles. The summed E-state index contributed by atoms with van der Waals surface area (Å²) in [6.45, 7) is -0.521. The molecule has 8 nitrogen and oxygen atoms in total. The van der Waals surface area contributed by atoms with Crippen LogP contribution in [0.4, 0.5) is 0 Å². The third kappa shape index (κ3) is 2.53. The second-order valence-electron chi connectivity index (χ2n) is 3.37. The highest BCUT2D eigenvalue weighted by molar-refractivity contribution is 7.89. The van der Waals surface area contributed by atoms with Crippen LogP contribution in [0.25, 0.3) is 0 Å². The molecule has 0 fully saturated rings. The van der Waals surface area contributed by atoms with Gasteiger partial charge in [-0.1, -0.05) is 0 Å². The van der Waals surface area contributed by atoms with Gasteiger partial charge in [0.25, 0.3) is 5.91 Å². The van der Waals surface area contributed by atoms with E-state index in [-0.39, 0.29) is 11.7 Å². The van der Waals surface area contributed by atoms with Crippen LogP contribution in [-0.4, -0.2) is 32.9 Å². The van der Waals surface area contributed by atoms with Crippen LogP contribution in [0.5, 0.6) is 11.5 Å². The van der Waals surface area contributed by atoms with E-state index in [9.17, 15) is 13.2 Å². The minimum Gasteiger partial charge on any atom is -0.454 e. The van der Waals surface area contributed by atoms with Crippen LogP contribution in [0.3, 0.4) is 0 Å². The summed E-state index contributed by atoms with van der Waals surface area (Å²) in [6, 6.07) is 4.08. The van der Waals surface area contributed by atoms with E-state index in [1.54, 1.807) is 0 Å². The van der Waals surface area contributed by atoms with Crippen molar-refractivity contribution in [1.29, 1.82) is 0 Å². The molecular weight excluding hydrogens is 264 g/mol. The van der Waals surface area contributed by atoms with Gasteiger partial charge < -0.3 is 9.47 Å². The van der Waals surface area contributed by atoms with Crippen LogP contribution in [0.2, 0.25) is 0 Å². The first kappa shape index (κ1) is 12.6. The number of carbonyl (C=O) groups excluding carboxylic acids is 1. The lowest BCUT2D eigenvalue weighted by Crippen LogP contribution is -2.35. The third-order valence-corrected chi connectivity index (χ3v) is 3.60. The predicted octanol–water partition coefficient (Wildman–Crippen LogP) is -0.801. The van der Waals surface area contributed by atoms with Gasteiger partial charge in [-0.3, -0.25) is 10.0 Å². The SMILES string of the molecule is O=C(CNS(=O)(=O)c1ccc2c(c1)OCO2)NO. The van der Waals surface area contributed by atoms with Crippen molar-refractivity contribution in [3.8, 4) is 11.5 Å². The van der Waals surface area contributed by atoms with Gasteiger partial charge in [-0.2, -0.15) is 0 Å². The number of hydroxylamine groups is 1. The fourth-order valence-corrected chi connectivity index (χ4v) is 2.32. The average Bonchev–Trinajstić information content (AvgIpc) is 2.83. The van der Waals surface area contributed by atoms with Crippen LogP contribution in [-0.2, 0) is 14.8 Å². The molecule has 0 atom stereocenters. The molecule has 0 bridgehead atoms. The molecule has 2 rings (SSSR count). The summed E-state index contributed by atoms with van der Waals surface area (Å²) in [5.74, 6) is -0.0779. The van der Waals surface area contributed by atoms with Crippen LogP contribution >= 0.6 is 0 Å². The van der Waals surface area contributed by atoms with Gasteiger partial charge in [-0.15, -0.1) is 0 Å². The molecule has 0 aliphatic carbocycles. The second kappa shape index (κ2) is 4.80. The highest BCUT2D eigenvalue weighted by Crippen LogP contribution is 2.33. The molecule has 3 N–H and O–H groups in total. The first-order chi connectivity index (χ1) is 8.53. The van der Waals surface area contributed by atoms with Crippen molar-refractivity contribution in [2.75, 3.05) is 13.3 Å². The molecule has 1 amide bonds. The van der Waals surface area contributed by atoms with Crippen molar-refractivity contribution in [3.63, 3.8) is 0 Å². The Bertz CT molecular complexity index is 570. The number of hydrogen-bond donors (Lipinski definition) is 3. The lowest BCUT2D eigenvalue weighted by molar-refractivity contribution is -0.127. The van der Waals surface area contributed by atoms with E-state index >= 15 is 0 Å². The average molecular weight is 274 g/mol. The molecule has 0 saturated heterocycles. The lowest BCUT2D eigenvalue weighted by Gasteiger charge is -2.06.